The van der Waals surface area contributed by atoms with E-state index in [0.717, 1.165) is 33.8 Å². The Morgan fingerprint density at radius 3 is 1.70 bits per heavy atom. The van der Waals surface area contributed by atoms with E-state index >= 15 is 0 Å². The number of rotatable bonds is 6. The molecule has 0 saturated carbocycles. The van der Waals surface area contributed by atoms with Gasteiger partial charge in [0.15, 0.2) is 5.82 Å². The van der Waals surface area contributed by atoms with Crippen LogP contribution in [-0.2, 0) is 5.41 Å². The van der Waals surface area contributed by atoms with E-state index in [4.69, 9.17) is 9.97 Å². The highest BCUT2D eigenvalue weighted by Gasteiger charge is 2.46. The number of hydrogen-bond acceptors (Lipinski definition) is 2. The molecule has 0 fully saturated rings. The van der Waals surface area contributed by atoms with Gasteiger partial charge in [-0.3, -0.25) is 0 Å². The van der Waals surface area contributed by atoms with Crippen LogP contribution in [0.4, 0.5) is 0 Å². The molecule has 0 radical (unpaired) electrons. The van der Waals surface area contributed by atoms with Gasteiger partial charge in [0.2, 0.25) is 0 Å². The van der Waals surface area contributed by atoms with Crippen molar-refractivity contribution in [1.29, 1.82) is 0 Å². The van der Waals surface area contributed by atoms with Gasteiger partial charge in [-0.15, -0.1) is 0 Å². The minimum Gasteiger partial charge on any atom is -0.309 e. The van der Waals surface area contributed by atoms with Crippen LogP contribution in [0.25, 0.3) is 83.3 Å². The molecule has 0 aliphatic heterocycles. The Kier molecular flexibility index (Phi) is 7.76. The second-order valence-corrected chi connectivity index (χ2v) is 15.7. The van der Waals surface area contributed by atoms with Gasteiger partial charge >= 0.3 is 0 Å². The van der Waals surface area contributed by atoms with E-state index < -0.39 is 5.41 Å². The summed E-state index contributed by atoms with van der Waals surface area (Å²) in [6, 6.07) is 81.0. The molecule has 0 bridgehead atoms. The van der Waals surface area contributed by atoms with Crippen LogP contribution in [0.15, 0.2) is 224 Å². The summed E-state index contributed by atoms with van der Waals surface area (Å²) in [7, 11) is 0. The molecule has 11 aromatic rings. The second-order valence-electron chi connectivity index (χ2n) is 15.7. The average molecular weight is 764 g/mol. The van der Waals surface area contributed by atoms with Gasteiger partial charge < -0.3 is 4.57 Å². The standard InChI is InChI=1S/C57H37N3/c1-3-17-40(18-4-1)56-58-51(37-52(59-56)41-19-15-22-44(36-41)60-53-28-13-10-24-46(53)47-25-11-14-29-54(47)60)39-30-33-43(34-31-39)57(42-20-5-2-6-21-42)49-27-12-9-26-48(49)55-45-23-8-7-16-38(45)32-35-50(55)57/h1-37H. The fourth-order valence-electron chi connectivity index (χ4n) is 9.88. The van der Waals surface area contributed by atoms with Crippen molar-refractivity contribution in [2.45, 2.75) is 5.41 Å². The zero-order chi connectivity index (χ0) is 39.6. The molecule has 1 aliphatic carbocycles. The van der Waals surface area contributed by atoms with Crippen LogP contribution in [0.5, 0.6) is 0 Å². The first-order chi connectivity index (χ1) is 29.8. The Morgan fingerprint density at radius 2 is 0.950 bits per heavy atom. The number of hydrogen-bond donors (Lipinski definition) is 0. The van der Waals surface area contributed by atoms with Crippen molar-refractivity contribution in [3.8, 4) is 50.7 Å². The van der Waals surface area contributed by atoms with Gasteiger partial charge in [0.05, 0.1) is 27.8 Å². The van der Waals surface area contributed by atoms with Crippen molar-refractivity contribution in [2.75, 3.05) is 0 Å². The molecule has 3 nitrogen and oxygen atoms in total. The minimum atomic E-state index is -0.505. The summed E-state index contributed by atoms with van der Waals surface area (Å²) in [5, 5.41) is 5.01. The monoisotopic (exact) mass is 763 g/mol. The van der Waals surface area contributed by atoms with Gasteiger partial charge in [-0.25, -0.2) is 9.97 Å². The maximum atomic E-state index is 5.25. The van der Waals surface area contributed by atoms with Crippen molar-refractivity contribution < 1.29 is 0 Å². The molecule has 9 aromatic carbocycles. The van der Waals surface area contributed by atoms with E-state index in [2.05, 4.69) is 211 Å². The molecule has 0 N–H and O–H groups in total. The van der Waals surface area contributed by atoms with Gasteiger partial charge in [0.1, 0.15) is 0 Å². The summed E-state index contributed by atoms with van der Waals surface area (Å²) in [6.45, 7) is 0. The third-order valence-electron chi connectivity index (χ3n) is 12.5. The largest absolute Gasteiger partial charge is 0.309 e. The molecule has 0 spiro atoms. The zero-order valence-electron chi connectivity index (χ0n) is 32.7. The normalized spacial score (nSPS) is 14.4. The lowest BCUT2D eigenvalue weighted by molar-refractivity contribution is 0.769. The molecule has 3 heteroatoms. The lowest BCUT2D eigenvalue weighted by atomic mass is 9.67. The summed E-state index contributed by atoms with van der Waals surface area (Å²) in [5.41, 5.74) is 15.4. The number of aromatic nitrogens is 3. The molecule has 1 atom stereocenters. The highest BCUT2D eigenvalue weighted by atomic mass is 15.0. The number of fused-ring (bicyclic) bond motifs is 8. The second kappa shape index (κ2) is 13.6. The molecule has 60 heavy (non-hydrogen) atoms. The van der Waals surface area contributed by atoms with Crippen LogP contribution in [0, 0.1) is 0 Å². The Morgan fingerprint density at radius 1 is 0.367 bits per heavy atom. The molecular weight excluding hydrogens is 727 g/mol. The van der Waals surface area contributed by atoms with Crippen LogP contribution in [0.1, 0.15) is 22.3 Å². The fourth-order valence-corrected chi connectivity index (χ4v) is 9.88. The SMILES string of the molecule is c1ccc(-c2nc(-c3ccc(C4(c5ccccc5)c5ccccc5-c5c4ccc4ccccc54)cc3)cc(-c3cccc(-n4c5ccccc5c5ccccc54)c3)n2)cc1. The predicted octanol–water partition coefficient (Wildman–Crippen LogP) is 14.1. The highest BCUT2D eigenvalue weighted by Crippen LogP contribution is 2.57. The van der Waals surface area contributed by atoms with Gasteiger partial charge in [0.25, 0.3) is 0 Å². The maximum absolute atomic E-state index is 5.25. The van der Waals surface area contributed by atoms with Crippen molar-refractivity contribution in [3.05, 3.63) is 247 Å². The molecule has 2 aromatic heterocycles. The highest BCUT2D eigenvalue weighted by molar-refractivity contribution is 6.09. The van der Waals surface area contributed by atoms with Crippen molar-refractivity contribution in [2.24, 2.45) is 0 Å². The molecule has 280 valence electrons. The quantitative estimate of drug-likeness (QED) is 0.169. The van der Waals surface area contributed by atoms with E-state index in [1.165, 1.54) is 66.0 Å². The van der Waals surface area contributed by atoms with E-state index in [1.807, 2.05) is 18.2 Å². The average Bonchev–Trinajstić information content (AvgIpc) is 3.83. The van der Waals surface area contributed by atoms with Crippen LogP contribution in [-0.4, -0.2) is 14.5 Å². The summed E-state index contributed by atoms with van der Waals surface area (Å²) < 4.78 is 2.36. The van der Waals surface area contributed by atoms with Crippen molar-refractivity contribution in [3.63, 3.8) is 0 Å². The third kappa shape index (κ3) is 5.16. The summed E-state index contributed by atoms with van der Waals surface area (Å²) >= 11 is 0. The lowest BCUT2D eigenvalue weighted by Crippen LogP contribution is -2.28. The van der Waals surface area contributed by atoms with Gasteiger partial charge in [0, 0.05) is 33.2 Å². The number of benzene rings is 9. The smallest absolute Gasteiger partial charge is 0.160 e. The van der Waals surface area contributed by atoms with Crippen LogP contribution in [0.3, 0.4) is 0 Å². The van der Waals surface area contributed by atoms with Crippen LogP contribution >= 0.6 is 0 Å². The van der Waals surface area contributed by atoms with Gasteiger partial charge in [-0.1, -0.05) is 194 Å². The molecule has 0 amide bonds. The summed E-state index contributed by atoms with van der Waals surface area (Å²) in [6.07, 6.45) is 0. The van der Waals surface area contributed by atoms with E-state index in [9.17, 15) is 0 Å². The first kappa shape index (κ1) is 34.2. The number of para-hydroxylation sites is 2. The van der Waals surface area contributed by atoms with Crippen LogP contribution in [0.2, 0.25) is 0 Å². The minimum absolute atomic E-state index is 0.505. The fraction of sp³-hybridized carbons (Fsp3) is 0.0175. The molecule has 1 unspecified atom stereocenters. The maximum Gasteiger partial charge on any atom is 0.160 e. The predicted molar refractivity (Wildman–Crippen MR) is 247 cm³/mol. The zero-order valence-corrected chi connectivity index (χ0v) is 32.7. The first-order valence-corrected chi connectivity index (χ1v) is 20.6. The lowest BCUT2D eigenvalue weighted by Gasteiger charge is -2.34. The molecular formula is C57H37N3. The van der Waals surface area contributed by atoms with E-state index in [0.29, 0.717) is 5.82 Å². The number of nitrogens with zero attached hydrogens (tertiary/aromatic N) is 3. The van der Waals surface area contributed by atoms with Gasteiger partial charge in [-0.2, -0.15) is 0 Å². The molecule has 0 saturated heterocycles. The van der Waals surface area contributed by atoms with E-state index in [-0.39, 0.29) is 0 Å². The topological polar surface area (TPSA) is 30.7 Å². The molecule has 1 aliphatic rings. The van der Waals surface area contributed by atoms with Crippen LogP contribution < -0.4 is 0 Å². The molecule has 2 heterocycles. The third-order valence-corrected chi connectivity index (χ3v) is 12.5. The Labute approximate surface area is 348 Å². The summed E-state index contributed by atoms with van der Waals surface area (Å²) in [5.74, 6) is 0.695. The Bertz CT molecular complexity index is 3370. The van der Waals surface area contributed by atoms with E-state index in [1.54, 1.807) is 0 Å². The molecule has 12 rings (SSSR count). The Balaban J connectivity index is 1.03. The van der Waals surface area contributed by atoms with Crippen molar-refractivity contribution in [1.82, 2.24) is 14.5 Å². The van der Waals surface area contributed by atoms with Gasteiger partial charge in [-0.05, 0) is 74.5 Å². The first-order valence-electron chi connectivity index (χ1n) is 20.6. The van der Waals surface area contributed by atoms with Crippen molar-refractivity contribution >= 4 is 32.6 Å². The summed E-state index contributed by atoms with van der Waals surface area (Å²) in [4.78, 5) is 10.5. The Hall–Kier alpha value is -7.88.